The fraction of sp³-hybridized carbons (Fsp3) is 0.500. The largest absolute Gasteiger partial charge is 0.313 e. The van der Waals surface area contributed by atoms with E-state index in [4.69, 9.17) is 0 Å². The lowest BCUT2D eigenvalue weighted by Gasteiger charge is -2.04. The Labute approximate surface area is 94.5 Å². The summed E-state index contributed by atoms with van der Waals surface area (Å²) in [4.78, 5) is 0. The van der Waals surface area contributed by atoms with Crippen LogP contribution in [0.1, 0.15) is 17.5 Å². The molecule has 15 heavy (non-hydrogen) atoms. The standard InChI is InChI=1S/C12H19NOS/c1-11-5-3-6-12(9-11)10-13-7-4-8-15(2)14/h3,5-6,9,13H,4,7-8,10H2,1-2H3. The second-order valence-electron chi connectivity index (χ2n) is 3.80. The first kappa shape index (κ1) is 12.4. The van der Waals surface area contributed by atoms with Gasteiger partial charge in [-0.2, -0.15) is 0 Å². The Kier molecular flexibility index (Phi) is 5.58. The highest BCUT2D eigenvalue weighted by molar-refractivity contribution is 7.84. The molecule has 1 aromatic carbocycles. The molecule has 0 radical (unpaired) electrons. The van der Waals surface area contributed by atoms with E-state index in [0.29, 0.717) is 0 Å². The number of aryl methyl sites for hydroxylation is 1. The van der Waals surface area contributed by atoms with Crippen LogP contribution in [0.15, 0.2) is 24.3 Å². The van der Waals surface area contributed by atoms with Gasteiger partial charge in [-0.25, -0.2) is 0 Å². The predicted octanol–water partition coefficient (Wildman–Crippen LogP) is 1.85. The van der Waals surface area contributed by atoms with E-state index < -0.39 is 10.8 Å². The zero-order valence-electron chi connectivity index (χ0n) is 9.45. The summed E-state index contributed by atoms with van der Waals surface area (Å²) >= 11 is 0. The molecule has 0 aliphatic heterocycles. The molecule has 0 spiro atoms. The predicted molar refractivity (Wildman–Crippen MR) is 66.4 cm³/mol. The van der Waals surface area contributed by atoms with Crippen LogP contribution in [0.4, 0.5) is 0 Å². The number of hydrogen-bond donors (Lipinski definition) is 1. The summed E-state index contributed by atoms with van der Waals surface area (Å²) in [5.41, 5.74) is 2.61. The van der Waals surface area contributed by atoms with Gasteiger partial charge in [-0.15, -0.1) is 0 Å². The van der Waals surface area contributed by atoms with Crippen LogP contribution in [-0.2, 0) is 17.3 Å². The number of nitrogens with one attached hydrogen (secondary N) is 1. The van der Waals surface area contributed by atoms with E-state index >= 15 is 0 Å². The molecule has 2 nitrogen and oxygen atoms in total. The number of benzene rings is 1. The molecule has 0 aromatic heterocycles. The van der Waals surface area contributed by atoms with Crippen LogP contribution in [0.5, 0.6) is 0 Å². The molecule has 0 saturated heterocycles. The van der Waals surface area contributed by atoms with E-state index in [-0.39, 0.29) is 0 Å². The lowest BCUT2D eigenvalue weighted by Crippen LogP contribution is -2.16. The van der Waals surface area contributed by atoms with E-state index in [1.54, 1.807) is 6.26 Å². The van der Waals surface area contributed by atoms with Crippen molar-refractivity contribution in [2.24, 2.45) is 0 Å². The summed E-state index contributed by atoms with van der Waals surface area (Å²) in [7, 11) is -0.657. The third kappa shape index (κ3) is 5.70. The third-order valence-corrected chi connectivity index (χ3v) is 3.06. The lowest BCUT2D eigenvalue weighted by atomic mass is 10.1. The van der Waals surface area contributed by atoms with Gasteiger partial charge in [0, 0.05) is 29.4 Å². The Morgan fingerprint density at radius 2 is 2.20 bits per heavy atom. The van der Waals surface area contributed by atoms with Crippen molar-refractivity contribution in [1.82, 2.24) is 5.32 Å². The SMILES string of the molecule is Cc1cccc(CNCCCS(C)=O)c1. The molecule has 1 rings (SSSR count). The van der Waals surface area contributed by atoms with Crippen molar-refractivity contribution in [2.45, 2.75) is 19.9 Å². The van der Waals surface area contributed by atoms with E-state index in [9.17, 15) is 4.21 Å². The van der Waals surface area contributed by atoms with Crippen molar-refractivity contribution >= 4 is 10.8 Å². The van der Waals surface area contributed by atoms with Crippen LogP contribution < -0.4 is 5.32 Å². The number of rotatable bonds is 6. The summed E-state index contributed by atoms with van der Waals surface area (Å²) < 4.78 is 10.8. The maximum Gasteiger partial charge on any atom is 0.0244 e. The highest BCUT2D eigenvalue weighted by Gasteiger charge is 1.94. The summed E-state index contributed by atoms with van der Waals surface area (Å²) in [5, 5.41) is 3.35. The van der Waals surface area contributed by atoms with Crippen molar-refractivity contribution < 1.29 is 4.21 Å². The highest BCUT2D eigenvalue weighted by atomic mass is 32.2. The van der Waals surface area contributed by atoms with Crippen molar-refractivity contribution in [1.29, 1.82) is 0 Å². The molecule has 0 fully saturated rings. The zero-order valence-corrected chi connectivity index (χ0v) is 10.3. The smallest absolute Gasteiger partial charge is 0.0244 e. The van der Waals surface area contributed by atoms with E-state index in [0.717, 1.165) is 25.3 Å². The monoisotopic (exact) mass is 225 g/mol. The van der Waals surface area contributed by atoms with Crippen molar-refractivity contribution in [2.75, 3.05) is 18.6 Å². The molecular formula is C12H19NOS. The second-order valence-corrected chi connectivity index (χ2v) is 5.35. The zero-order chi connectivity index (χ0) is 11.1. The van der Waals surface area contributed by atoms with Gasteiger partial charge in [0.15, 0.2) is 0 Å². The van der Waals surface area contributed by atoms with Gasteiger partial charge in [0.2, 0.25) is 0 Å². The van der Waals surface area contributed by atoms with Gasteiger partial charge in [0.25, 0.3) is 0 Å². The molecule has 1 atom stereocenters. The molecular weight excluding hydrogens is 206 g/mol. The van der Waals surface area contributed by atoms with Crippen LogP contribution >= 0.6 is 0 Å². The number of hydrogen-bond acceptors (Lipinski definition) is 2. The minimum atomic E-state index is -0.657. The maximum atomic E-state index is 10.8. The normalized spacial score (nSPS) is 12.7. The maximum absolute atomic E-state index is 10.8. The van der Waals surface area contributed by atoms with Gasteiger partial charge in [-0.3, -0.25) is 4.21 Å². The van der Waals surface area contributed by atoms with Gasteiger partial charge in [0.1, 0.15) is 0 Å². The topological polar surface area (TPSA) is 29.1 Å². The van der Waals surface area contributed by atoms with Crippen molar-refractivity contribution in [3.63, 3.8) is 0 Å². The summed E-state index contributed by atoms with van der Waals surface area (Å²) in [6.07, 6.45) is 2.73. The minimum absolute atomic E-state index is 0.657. The van der Waals surface area contributed by atoms with Crippen LogP contribution in [0.25, 0.3) is 0 Å². The third-order valence-electron chi connectivity index (χ3n) is 2.20. The van der Waals surface area contributed by atoms with Crippen LogP contribution in [0.3, 0.4) is 0 Å². The summed E-state index contributed by atoms with van der Waals surface area (Å²) in [5.74, 6) is 0.792. The molecule has 0 saturated carbocycles. The van der Waals surface area contributed by atoms with Gasteiger partial charge < -0.3 is 5.32 Å². The first-order valence-electron chi connectivity index (χ1n) is 5.25. The molecule has 1 unspecified atom stereocenters. The summed E-state index contributed by atoms with van der Waals surface area (Å²) in [6, 6.07) is 8.49. The Bertz CT molecular complexity index is 325. The fourth-order valence-electron chi connectivity index (χ4n) is 1.46. The van der Waals surface area contributed by atoms with Gasteiger partial charge in [0.05, 0.1) is 0 Å². The average molecular weight is 225 g/mol. The molecule has 0 aliphatic carbocycles. The Morgan fingerprint density at radius 1 is 1.40 bits per heavy atom. The molecule has 0 amide bonds. The van der Waals surface area contributed by atoms with E-state index in [1.807, 2.05) is 0 Å². The van der Waals surface area contributed by atoms with Crippen LogP contribution in [0.2, 0.25) is 0 Å². The van der Waals surface area contributed by atoms with Gasteiger partial charge >= 0.3 is 0 Å². The quantitative estimate of drug-likeness (QED) is 0.749. The Morgan fingerprint density at radius 3 is 2.87 bits per heavy atom. The first-order valence-corrected chi connectivity index (χ1v) is 6.97. The van der Waals surface area contributed by atoms with Gasteiger partial charge in [-0.1, -0.05) is 29.8 Å². The molecule has 1 N–H and O–H groups in total. The molecule has 0 heterocycles. The van der Waals surface area contributed by atoms with Crippen molar-refractivity contribution in [3.8, 4) is 0 Å². The minimum Gasteiger partial charge on any atom is -0.313 e. The molecule has 0 aliphatic rings. The van der Waals surface area contributed by atoms with Gasteiger partial charge in [-0.05, 0) is 25.5 Å². The molecule has 3 heteroatoms. The highest BCUT2D eigenvalue weighted by Crippen LogP contribution is 2.02. The van der Waals surface area contributed by atoms with E-state index in [1.165, 1.54) is 11.1 Å². The van der Waals surface area contributed by atoms with Crippen LogP contribution in [-0.4, -0.2) is 22.8 Å². The summed E-state index contributed by atoms with van der Waals surface area (Å²) in [6.45, 7) is 3.94. The molecule has 1 aromatic rings. The van der Waals surface area contributed by atoms with E-state index in [2.05, 4.69) is 36.5 Å². The molecule has 0 bridgehead atoms. The molecule has 84 valence electrons. The average Bonchev–Trinajstić information content (AvgIpc) is 2.17. The Balaban J connectivity index is 2.17. The van der Waals surface area contributed by atoms with Crippen LogP contribution in [0, 0.1) is 6.92 Å². The van der Waals surface area contributed by atoms with Crippen molar-refractivity contribution in [3.05, 3.63) is 35.4 Å². The first-order chi connectivity index (χ1) is 7.18. The second kappa shape index (κ2) is 6.75. The lowest BCUT2D eigenvalue weighted by molar-refractivity contribution is 0.662. The Hall–Kier alpha value is -0.670. The fourth-order valence-corrected chi connectivity index (χ4v) is 2.01.